The fourth-order valence-corrected chi connectivity index (χ4v) is 1.37. The molecular weight excluding hydrogens is 190 g/mol. The van der Waals surface area contributed by atoms with Crippen LogP contribution in [0.25, 0.3) is 0 Å². The van der Waals surface area contributed by atoms with E-state index in [0.29, 0.717) is 0 Å². The van der Waals surface area contributed by atoms with Gasteiger partial charge in [-0.3, -0.25) is 9.59 Å². The molecule has 0 bridgehead atoms. The molecule has 1 rings (SSSR count). The lowest BCUT2D eigenvalue weighted by Crippen LogP contribution is -2.46. The molecule has 0 radical (unpaired) electrons. The highest BCUT2D eigenvalue weighted by Gasteiger charge is 2.34. The highest BCUT2D eigenvalue weighted by atomic mass is 16.5. The Hall–Kier alpha value is -1.59. The molecule has 1 N–H and O–H groups in total. The van der Waals surface area contributed by atoms with Crippen LogP contribution in [-0.4, -0.2) is 48.1 Å². The van der Waals surface area contributed by atoms with Crippen molar-refractivity contribution < 1.29 is 24.2 Å². The Bertz CT molecular complexity index is 275. The smallest absolute Gasteiger partial charge is 0.409 e. The fraction of sp³-hybridized carbons (Fsp3) is 0.625. The molecule has 1 fully saturated rings. The maximum absolute atomic E-state index is 11.2. The maximum atomic E-state index is 11.2. The van der Waals surface area contributed by atoms with Crippen molar-refractivity contribution in [3.8, 4) is 0 Å². The molecule has 1 amide bonds. The number of piperidine rings is 1. The van der Waals surface area contributed by atoms with E-state index in [1.54, 1.807) is 0 Å². The van der Waals surface area contributed by atoms with Gasteiger partial charge in [0.25, 0.3) is 0 Å². The van der Waals surface area contributed by atoms with E-state index >= 15 is 0 Å². The van der Waals surface area contributed by atoms with Crippen LogP contribution in [0.4, 0.5) is 4.79 Å². The third-order valence-corrected chi connectivity index (χ3v) is 2.15. The largest absolute Gasteiger partial charge is 0.481 e. The zero-order valence-electron chi connectivity index (χ0n) is 7.73. The van der Waals surface area contributed by atoms with Gasteiger partial charge >= 0.3 is 12.1 Å². The zero-order chi connectivity index (χ0) is 10.7. The van der Waals surface area contributed by atoms with E-state index in [9.17, 15) is 14.4 Å². The van der Waals surface area contributed by atoms with Crippen molar-refractivity contribution in [2.24, 2.45) is 5.92 Å². The lowest BCUT2D eigenvalue weighted by Gasteiger charge is -2.27. The molecular formula is C8H11NO5. The summed E-state index contributed by atoms with van der Waals surface area (Å²) in [6, 6.07) is 0. The molecule has 6 nitrogen and oxygen atoms in total. The second-order valence-corrected chi connectivity index (χ2v) is 3.04. The van der Waals surface area contributed by atoms with Gasteiger partial charge in [0.05, 0.1) is 13.7 Å². The monoisotopic (exact) mass is 201 g/mol. The van der Waals surface area contributed by atoms with Crippen molar-refractivity contribution in [1.82, 2.24) is 4.90 Å². The summed E-state index contributed by atoms with van der Waals surface area (Å²) < 4.78 is 4.42. The zero-order valence-corrected chi connectivity index (χ0v) is 7.73. The number of aliphatic carboxylic acids is 1. The number of nitrogens with zero attached hydrogens (tertiary/aromatic N) is 1. The molecule has 6 heteroatoms. The summed E-state index contributed by atoms with van der Waals surface area (Å²) in [5, 5.41) is 8.64. The molecule has 78 valence electrons. The van der Waals surface area contributed by atoms with E-state index in [-0.39, 0.29) is 19.5 Å². The number of rotatable bonds is 1. The van der Waals surface area contributed by atoms with E-state index < -0.39 is 23.8 Å². The van der Waals surface area contributed by atoms with Gasteiger partial charge in [-0.1, -0.05) is 0 Å². The minimum atomic E-state index is -1.13. The number of ether oxygens (including phenoxy) is 1. The van der Waals surface area contributed by atoms with Crippen LogP contribution in [-0.2, 0) is 14.3 Å². The lowest BCUT2D eigenvalue weighted by atomic mass is 9.96. The Kier molecular flexibility index (Phi) is 3.06. The summed E-state index contributed by atoms with van der Waals surface area (Å²) in [6.07, 6.45) is -0.439. The van der Waals surface area contributed by atoms with Crippen LogP contribution in [0.2, 0.25) is 0 Å². The molecule has 1 aliphatic rings. The van der Waals surface area contributed by atoms with Crippen molar-refractivity contribution in [3.05, 3.63) is 0 Å². The Morgan fingerprint density at radius 3 is 2.64 bits per heavy atom. The Morgan fingerprint density at radius 2 is 2.21 bits per heavy atom. The van der Waals surface area contributed by atoms with Crippen LogP contribution >= 0.6 is 0 Å². The summed E-state index contributed by atoms with van der Waals surface area (Å²) in [5.41, 5.74) is 0. The molecule has 1 heterocycles. The summed E-state index contributed by atoms with van der Waals surface area (Å²) in [7, 11) is 1.22. The van der Waals surface area contributed by atoms with Crippen molar-refractivity contribution in [2.75, 3.05) is 20.2 Å². The summed E-state index contributed by atoms with van der Waals surface area (Å²) in [5.74, 6) is -2.55. The predicted octanol–water partition coefficient (Wildman–Crippen LogP) is -0.272. The molecule has 1 aliphatic heterocycles. The number of hydrogen-bond donors (Lipinski definition) is 1. The third kappa shape index (κ3) is 2.01. The summed E-state index contributed by atoms with van der Waals surface area (Å²) in [6.45, 7) is 0.0685. The average Bonchev–Trinajstić information content (AvgIpc) is 2.15. The van der Waals surface area contributed by atoms with E-state index in [0.717, 1.165) is 0 Å². The van der Waals surface area contributed by atoms with E-state index in [4.69, 9.17) is 5.11 Å². The molecule has 0 spiro atoms. The lowest BCUT2D eigenvalue weighted by molar-refractivity contribution is -0.148. The second-order valence-electron chi connectivity index (χ2n) is 3.04. The molecule has 1 unspecified atom stereocenters. The van der Waals surface area contributed by atoms with Gasteiger partial charge < -0.3 is 14.7 Å². The van der Waals surface area contributed by atoms with Crippen molar-refractivity contribution >= 4 is 17.8 Å². The van der Waals surface area contributed by atoms with Crippen LogP contribution in [0.1, 0.15) is 6.42 Å². The maximum Gasteiger partial charge on any atom is 0.409 e. The van der Waals surface area contributed by atoms with Gasteiger partial charge in [0.1, 0.15) is 5.92 Å². The standard InChI is InChI=1S/C8H11NO5/c1-14-8(13)9-3-2-5(7(11)12)6(10)4-9/h5H,2-4H2,1H3,(H,11,12). The number of Topliss-reactive ketones (excluding diaryl/α,β-unsaturated/α-hetero) is 1. The summed E-state index contributed by atoms with van der Waals surface area (Å²) >= 11 is 0. The number of hydrogen-bond acceptors (Lipinski definition) is 4. The fourth-order valence-electron chi connectivity index (χ4n) is 1.37. The minimum absolute atomic E-state index is 0.156. The van der Waals surface area contributed by atoms with Crippen LogP contribution < -0.4 is 0 Å². The van der Waals surface area contributed by atoms with Crippen LogP contribution in [0, 0.1) is 5.92 Å². The first-order valence-electron chi connectivity index (χ1n) is 4.14. The molecule has 14 heavy (non-hydrogen) atoms. The number of amides is 1. The van der Waals surface area contributed by atoms with E-state index in [1.807, 2.05) is 0 Å². The number of ketones is 1. The summed E-state index contributed by atoms with van der Waals surface area (Å²) in [4.78, 5) is 34.0. The number of carbonyl (C=O) groups excluding carboxylic acids is 2. The molecule has 0 saturated carbocycles. The van der Waals surface area contributed by atoms with Gasteiger partial charge in [0.2, 0.25) is 0 Å². The molecule has 1 saturated heterocycles. The Labute approximate surface area is 80.4 Å². The van der Waals surface area contributed by atoms with Gasteiger partial charge in [0.15, 0.2) is 5.78 Å². The van der Waals surface area contributed by atoms with Crippen LogP contribution in [0.5, 0.6) is 0 Å². The van der Waals surface area contributed by atoms with Crippen molar-refractivity contribution in [1.29, 1.82) is 0 Å². The molecule has 0 aromatic heterocycles. The Morgan fingerprint density at radius 1 is 1.57 bits per heavy atom. The third-order valence-electron chi connectivity index (χ3n) is 2.15. The van der Waals surface area contributed by atoms with Crippen molar-refractivity contribution in [3.63, 3.8) is 0 Å². The minimum Gasteiger partial charge on any atom is -0.481 e. The van der Waals surface area contributed by atoms with Gasteiger partial charge in [-0.15, -0.1) is 0 Å². The highest BCUT2D eigenvalue weighted by Crippen LogP contribution is 2.14. The molecule has 0 aromatic carbocycles. The average molecular weight is 201 g/mol. The highest BCUT2D eigenvalue weighted by molar-refractivity contribution is 6.00. The number of methoxy groups -OCH3 is 1. The number of carboxylic acid groups (broad SMARTS) is 1. The number of likely N-dealkylation sites (tertiary alicyclic amines) is 1. The normalized spacial score (nSPS) is 21.9. The van der Waals surface area contributed by atoms with Crippen LogP contribution in [0.15, 0.2) is 0 Å². The second kappa shape index (κ2) is 4.08. The SMILES string of the molecule is COC(=O)N1CCC(C(=O)O)C(=O)C1. The van der Waals surface area contributed by atoms with Gasteiger partial charge in [-0.25, -0.2) is 4.79 Å². The topological polar surface area (TPSA) is 83.9 Å². The number of carboxylic acids is 1. The van der Waals surface area contributed by atoms with Gasteiger partial charge in [-0.05, 0) is 6.42 Å². The van der Waals surface area contributed by atoms with Gasteiger partial charge in [-0.2, -0.15) is 0 Å². The van der Waals surface area contributed by atoms with E-state index in [1.165, 1.54) is 12.0 Å². The number of carbonyl (C=O) groups is 3. The predicted molar refractivity (Wildman–Crippen MR) is 44.7 cm³/mol. The molecule has 1 atom stereocenters. The van der Waals surface area contributed by atoms with E-state index in [2.05, 4.69) is 4.74 Å². The quantitative estimate of drug-likeness (QED) is 0.590. The molecule has 0 aliphatic carbocycles. The first kappa shape index (κ1) is 10.5. The first-order chi connectivity index (χ1) is 6.56. The molecule has 0 aromatic rings. The first-order valence-corrected chi connectivity index (χ1v) is 4.14. The van der Waals surface area contributed by atoms with Crippen molar-refractivity contribution in [2.45, 2.75) is 6.42 Å². The Balaban J connectivity index is 2.59. The van der Waals surface area contributed by atoms with Gasteiger partial charge in [0, 0.05) is 6.54 Å². The van der Waals surface area contributed by atoms with Crippen LogP contribution in [0.3, 0.4) is 0 Å².